The zero-order valence-corrected chi connectivity index (χ0v) is 8.60. The van der Waals surface area contributed by atoms with E-state index in [4.69, 9.17) is 33.0 Å². The van der Waals surface area contributed by atoms with Crippen molar-refractivity contribution >= 4 is 30.0 Å². The van der Waals surface area contributed by atoms with E-state index in [0.29, 0.717) is 6.61 Å². The van der Waals surface area contributed by atoms with Crippen LogP contribution in [-0.2, 0) is 34.2 Å². The van der Waals surface area contributed by atoms with Gasteiger partial charge in [0.25, 0.3) is 0 Å². The predicted octanol–water partition coefficient (Wildman–Crippen LogP) is 0.248. The maximum atomic E-state index is 5.29. The van der Waals surface area contributed by atoms with Crippen molar-refractivity contribution in [3.8, 4) is 12.3 Å². The van der Waals surface area contributed by atoms with Crippen LogP contribution in [0.25, 0.3) is 0 Å². The SMILES string of the molecule is C#CC1CCOS(=S)(=S)N1C. The molecule has 1 fully saturated rings. The van der Waals surface area contributed by atoms with Gasteiger partial charge in [0, 0.05) is 7.05 Å². The fourth-order valence-corrected chi connectivity index (χ4v) is 2.86. The molecule has 0 spiro atoms. The van der Waals surface area contributed by atoms with Gasteiger partial charge in [0.15, 0.2) is 0 Å². The maximum Gasteiger partial charge on any atom is 0.0851 e. The summed E-state index contributed by atoms with van der Waals surface area (Å²) in [6.45, 7) is 0.599. The molecule has 0 saturated carbocycles. The van der Waals surface area contributed by atoms with Crippen LogP contribution in [0.1, 0.15) is 6.42 Å². The van der Waals surface area contributed by atoms with Crippen LogP contribution in [0.5, 0.6) is 0 Å². The van der Waals surface area contributed by atoms with Crippen molar-refractivity contribution in [3.05, 3.63) is 0 Å². The molecule has 0 aromatic heterocycles. The van der Waals surface area contributed by atoms with E-state index in [9.17, 15) is 0 Å². The van der Waals surface area contributed by atoms with Gasteiger partial charge in [0.05, 0.1) is 20.3 Å². The fourth-order valence-electron chi connectivity index (χ4n) is 0.874. The topological polar surface area (TPSA) is 12.5 Å². The third-order valence-corrected chi connectivity index (χ3v) is 5.02. The number of hydrogen-bond donors (Lipinski definition) is 0. The quantitative estimate of drug-likeness (QED) is 0.528. The Balaban J connectivity index is 2.87. The van der Waals surface area contributed by atoms with Gasteiger partial charge in [-0.05, 0) is 28.8 Å². The Hall–Kier alpha value is 0.270. The third-order valence-electron chi connectivity index (χ3n) is 1.61. The molecule has 0 N–H and O–H groups in total. The highest BCUT2D eigenvalue weighted by Gasteiger charge is 2.24. The van der Waals surface area contributed by atoms with Crippen LogP contribution in [0.4, 0.5) is 0 Å². The standard InChI is InChI=1S/C6H9NOS3/c1-3-6-4-5-8-11(9,10)7(6)2/h1,6H,4-5H2,2H3. The molecule has 2 nitrogen and oxygen atoms in total. The molecule has 0 radical (unpaired) electrons. The average molecular weight is 207 g/mol. The highest BCUT2D eigenvalue weighted by atomic mass is 33.1. The highest BCUT2D eigenvalue weighted by molar-refractivity contribution is 8.53. The van der Waals surface area contributed by atoms with E-state index < -0.39 is 7.61 Å². The van der Waals surface area contributed by atoms with Crippen molar-refractivity contribution < 1.29 is 4.18 Å². The van der Waals surface area contributed by atoms with E-state index in [1.807, 2.05) is 7.05 Å². The normalized spacial score (nSPS) is 31.1. The largest absolute Gasteiger partial charge is 0.298 e. The molecule has 1 aliphatic rings. The van der Waals surface area contributed by atoms with E-state index in [-0.39, 0.29) is 6.04 Å². The Labute approximate surface area is 77.1 Å². The zero-order chi connectivity index (χ0) is 8.48. The summed E-state index contributed by atoms with van der Waals surface area (Å²) in [6, 6.07) is 0.0637. The van der Waals surface area contributed by atoms with Crippen LogP contribution in [0.15, 0.2) is 0 Å². The molecule has 1 atom stereocenters. The van der Waals surface area contributed by atoms with Gasteiger partial charge in [-0.3, -0.25) is 4.18 Å². The van der Waals surface area contributed by atoms with E-state index in [1.54, 1.807) is 4.31 Å². The molecule has 0 aromatic rings. The number of rotatable bonds is 0. The second kappa shape index (κ2) is 3.33. The first-order valence-corrected chi connectivity index (χ1v) is 6.53. The fraction of sp³-hybridized carbons (Fsp3) is 0.667. The summed E-state index contributed by atoms with van der Waals surface area (Å²) in [5.74, 6) is 2.64. The molecule has 1 saturated heterocycles. The first-order valence-electron chi connectivity index (χ1n) is 3.16. The minimum Gasteiger partial charge on any atom is -0.298 e. The van der Waals surface area contributed by atoms with Gasteiger partial charge >= 0.3 is 0 Å². The van der Waals surface area contributed by atoms with E-state index in [2.05, 4.69) is 5.92 Å². The van der Waals surface area contributed by atoms with E-state index in [0.717, 1.165) is 6.42 Å². The molecule has 1 rings (SSSR count). The molecule has 0 aromatic carbocycles. The molecule has 0 bridgehead atoms. The maximum absolute atomic E-state index is 5.29. The molecule has 1 heterocycles. The molecule has 62 valence electrons. The highest BCUT2D eigenvalue weighted by Crippen LogP contribution is 2.16. The Morgan fingerprint density at radius 2 is 2.36 bits per heavy atom. The molecule has 0 aliphatic carbocycles. The van der Waals surface area contributed by atoms with Gasteiger partial charge in [-0.1, -0.05) is 5.92 Å². The molecule has 0 amide bonds. The molecular weight excluding hydrogens is 198 g/mol. The van der Waals surface area contributed by atoms with Crippen molar-refractivity contribution in [1.29, 1.82) is 0 Å². The van der Waals surface area contributed by atoms with Gasteiger partial charge in [-0.2, -0.15) is 0 Å². The van der Waals surface area contributed by atoms with E-state index >= 15 is 0 Å². The molecule has 5 heteroatoms. The second-order valence-corrected chi connectivity index (χ2v) is 7.28. The van der Waals surface area contributed by atoms with Gasteiger partial charge in [0.1, 0.15) is 0 Å². The van der Waals surface area contributed by atoms with Crippen LogP contribution in [0.3, 0.4) is 0 Å². The lowest BCUT2D eigenvalue weighted by atomic mass is 10.2. The summed E-state index contributed by atoms with van der Waals surface area (Å²) < 4.78 is 7.06. The van der Waals surface area contributed by atoms with Crippen LogP contribution in [0.2, 0.25) is 0 Å². The Morgan fingerprint density at radius 1 is 1.73 bits per heavy atom. The number of nitrogens with zero attached hydrogens (tertiary/aromatic N) is 1. The third kappa shape index (κ3) is 1.89. The Kier molecular flexibility index (Phi) is 2.84. The van der Waals surface area contributed by atoms with Crippen molar-refractivity contribution in [2.24, 2.45) is 0 Å². The second-order valence-electron chi connectivity index (χ2n) is 2.27. The minimum absolute atomic E-state index is 0.0637. The van der Waals surface area contributed by atoms with E-state index in [1.165, 1.54) is 0 Å². The summed E-state index contributed by atoms with van der Waals surface area (Å²) in [4.78, 5) is 0. The zero-order valence-electron chi connectivity index (χ0n) is 6.15. The molecule has 1 unspecified atom stereocenters. The monoisotopic (exact) mass is 207 g/mol. The Morgan fingerprint density at radius 3 is 2.82 bits per heavy atom. The lowest BCUT2D eigenvalue weighted by molar-refractivity contribution is 0.255. The smallest absolute Gasteiger partial charge is 0.0851 e. The number of terminal acetylenes is 1. The van der Waals surface area contributed by atoms with Crippen LogP contribution < -0.4 is 0 Å². The van der Waals surface area contributed by atoms with Gasteiger partial charge in [0.2, 0.25) is 0 Å². The predicted molar refractivity (Wildman–Crippen MR) is 53.0 cm³/mol. The van der Waals surface area contributed by atoms with Crippen LogP contribution in [0, 0.1) is 12.3 Å². The minimum atomic E-state index is -1.87. The van der Waals surface area contributed by atoms with Gasteiger partial charge in [-0.15, -0.1) is 6.42 Å². The average Bonchev–Trinajstić information content (AvgIpc) is 1.95. The number of hydrogen-bond acceptors (Lipinski definition) is 3. The van der Waals surface area contributed by atoms with Crippen molar-refractivity contribution in [3.63, 3.8) is 0 Å². The summed E-state index contributed by atoms with van der Waals surface area (Å²) in [5.41, 5.74) is 0. The summed E-state index contributed by atoms with van der Waals surface area (Å²) in [5, 5.41) is 0. The lowest BCUT2D eigenvalue weighted by Gasteiger charge is -2.32. The Bertz CT molecular complexity index is 277. The molecular formula is C6H9NOS3. The van der Waals surface area contributed by atoms with Crippen molar-refractivity contribution in [1.82, 2.24) is 4.31 Å². The summed E-state index contributed by atoms with van der Waals surface area (Å²) in [7, 11) is -0.0329. The van der Waals surface area contributed by atoms with Crippen molar-refractivity contribution in [2.45, 2.75) is 12.5 Å². The summed E-state index contributed by atoms with van der Waals surface area (Å²) in [6.07, 6.45) is 6.12. The van der Waals surface area contributed by atoms with Crippen LogP contribution in [-0.4, -0.2) is 24.0 Å². The lowest BCUT2D eigenvalue weighted by Crippen LogP contribution is -2.41. The summed E-state index contributed by atoms with van der Waals surface area (Å²) >= 11 is 10.1. The van der Waals surface area contributed by atoms with Crippen molar-refractivity contribution in [2.75, 3.05) is 13.7 Å². The molecule has 11 heavy (non-hydrogen) atoms. The molecule has 1 aliphatic heterocycles. The van der Waals surface area contributed by atoms with Crippen LogP contribution >= 0.6 is 0 Å². The van der Waals surface area contributed by atoms with Gasteiger partial charge < -0.3 is 0 Å². The first kappa shape index (κ1) is 9.36. The first-order chi connectivity index (χ1) is 5.08. The van der Waals surface area contributed by atoms with Gasteiger partial charge in [-0.25, -0.2) is 4.31 Å².